The van der Waals surface area contributed by atoms with Gasteiger partial charge in [-0.05, 0) is 25.5 Å². The summed E-state index contributed by atoms with van der Waals surface area (Å²) in [5, 5.41) is 3.38. The number of ether oxygens (including phenoxy) is 2. The number of methoxy groups -OCH3 is 1. The van der Waals surface area contributed by atoms with E-state index < -0.39 is 0 Å². The van der Waals surface area contributed by atoms with Crippen molar-refractivity contribution in [3.8, 4) is 0 Å². The van der Waals surface area contributed by atoms with Crippen molar-refractivity contribution in [2.75, 3.05) is 20.8 Å². The van der Waals surface area contributed by atoms with Gasteiger partial charge in [-0.3, -0.25) is 0 Å². The monoisotopic (exact) mass is 265 g/mol. The fraction of sp³-hybridized carbons (Fsp3) is 0.625. The summed E-state index contributed by atoms with van der Waals surface area (Å²) in [5.41, 5.74) is 1.26. The first-order valence-corrected chi connectivity index (χ1v) is 6.96. The van der Waals surface area contributed by atoms with Gasteiger partial charge in [0.15, 0.2) is 0 Å². The van der Waals surface area contributed by atoms with E-state index in [-0.39, 0.29) is 18.2 Å². The maximum Gasteiger partial charge on any atom is 0.0797 e. The van der Waals surface area contributed by atoms with Crippen molar-refractivity contribution in [2.45, 2.75) is 39.0 Å². The van der Waals surface area contributed by atoms with E-state index in [0.29, 0.717) is 12.5 Å². The molecule has 3 unspecified atom stereocenters. The molecule has 19 heavy (non-hydrogen) atoms. The van der Waals surface area contributed by atoms with Gasteiger partial charge < -0.3 is 14.8 Å². The molecule has 0 saturated carbocycles. The molecule has 0 aliphatic rings. The molecule has 0 spiro atoms. The normalized spacial score (nSPS) is 16.3. The predicted octanol–water partition coefficient (Wildman–Crippen LogP) is 3.02. The van der Waals surface area contributed by atoms with Gasteiger partial charge >= 0.3 is 0 Å². The quantitative estimate of drug-likeness (QED) is 0.783. The first-order chi connectivity index (χ1) is 9.10. The van der Waals surface area contributed by atoms with Crippen LogP contribution >= 0.6 is 0 Å². The zero-order valence-electron chi connectivity index (χ0n) is 12.7. The SMILES string of the molecule is CNC(c1ccccc1)C(OC(C)COC)C(C)C. The molecule has 0 radical (unpaired) electrons. The summed E-state index contributed by atoms with van der Waals surface area (Å²) in [5.74, 6) is 0.428. The summed E-state index contributed by atoms with van der Waals surface area (Å²) >= 11 is 0. The van der Waals surface area contributed by atoms with E-state index in [9.17, 15) is 0 Å². The van der Waals surface area contributed by atoms with Crippen LogP contribution in [0.1, 0.15) is 32.4 Å². The first kappa shape index (κ1) is 16.2. The van der Waals surface area contributed by atoms with Crippen molar-refractivity contribution in [1.29, 1.82) is 0 Å². The summed E-state index contributed by atoms with van der Waals surface area (Å²) < 4.78 is 11.3. The Kier molecular flexibility index (Phi) is 7.06. The molecule has 0 aromatic heterocycles. The zero-order valence-corrected chi connectivity index (χ0v) is 12.7. The highest BCUT2D eigenvalue weighted by molar-refractivity contribution is 5.20. The predicted molar refractivity (Wildman–Crippen MR) is 79.3 cm³/mol. The van der Waals surface area contributed by atoms with Gasteiger partial charge in [0.1, 0.15) is 0 Å². The van der Waals surface area contributed by atoms with E-state index in [2.05, 4.69) is 50.4 Å². The summed E-state index contributed by atoms with van der Waals surface area (Å²) in [6, 6.07) is 10.6. The van der Waals surface area contributed by atoms with Crippen molar-refractivity contribution in [2.24, 2.45) is 5.92 Å². The van der Waals surface area contributed by atoms with Crippen LogP contribution in [0.25, 0.3) is 0 Å². The van der Waals surface area contributed by atoms with Crippen LogP contribution in [-0.2, 0) is 9.47 Å². The third-order valence-electron chi connectivity index (χ3n) is 3.25. The molecule has 3 nitrogen and oxygen atoms in total. The second-order valence-electron chi connectivity index (χ2n) is 5.29. The lowest BCUT2D eigenvalue weighted by atomic mass is 9.93. The molecule has 1 aromatic carbocycles. The Morgan fingerprint density at radius 1 is 1.11 bits per heavy atom. The van der Waals surface area contributed by atoms with Gasteiger partial charge in [-0.2, -0.15) is 0 Å². The molecule has 0 aliphatic heterocycles. The average molecular weight is 265 g/mol. The van der Waals surface area contributed by atoms with E-state index in [0.717, 1.165) is 0 Å². The zero-order chi connectivity index (χ0) is 14.3. The highest BCUT2D eigenvalue weighted by atomic mass is 16.5. The standard InChI is InChI=1S/C16H27NO2/c1-12(2)16(19-13(3)11-18-5)15(17-4)14-9-7-6-8-10-14/h6-10,12-13,15-17H,11H2,1-5H3. The molecule has 0 aliphatic carbocycles. The largest absolute Gasteiger partial charge is 0.382 e. The van der Waals surface area contributed by atoms with Gasteiger partial charge in [0.2, 0.25) is 0 Å². The van der Waals surface area contributed by atoms with Crippen molar-refractivity contribution in [1.82, 2.24) is 5.32 Å². The molecular formula is C16H27NO2. The van der Waals surface area contributed by atoms with Gasteiger partial charge in [0, 0.05) is 7.11 Å². The molecular weight excluding hydrogens is 238 g/mol. The average Bonchev–Trinajstić information content (AvgIpc) is 2.40. The summed E-state index contributed by atoms with van der Waals surface area (Å²) in [6.07, 6.45) is 0.217. The number of hydrogen-bond acceptors (Lipinski definition) is 3. The van der Waals surface area contributed by atoms with E-state index in [1.165, 1.54) is 5.56 Å². The minimum Gasteiger partial charge on any atom is -0.382 e. The molecule has 0 saturated heterocycles. The van der Waals surface area contributed by atoms with Gasteiger partial charge in [-0.15, -0.1) is 0 Å². The van der Waals surface area contributed by atoms with Crippen LogP contribution in [0, 0.1) is 5.92 Å². The maximum atomic E-state index is 6.17. The summed E-state index contributed by atoms with van der Waals surface area (Å²) in [6.45, 7) is 7.06. The molecule has 3 heteroatoms. The van der Waals surface area contributed by atoms with Crippen LogP contribution in [0.3, 0.4) is 0 Å². The van der Waals surface area contributed by atoms with Crippen molar-refractivity contribution in [3.05, 3.63) is 35.9 Å². The Hall–Kier alpha value is -0.900. The molecule has 3 atom stereocenters. The van der Waals surface area contributed by atoms with Crippen LogP contribution in [0.4, 0.5) is 0 Å². The minimum atomic E-state index is 0.0944. The molecule has 1 N–H and O–H groups in total. The van der Waals surface area contributed by atoms with E-state index >= 15 is 0 Å². The second kappa shape index (κ2) is 8.31. The Morgan fingerprint density at radius 2 is 1.74 bits per heavy atom. The molecule has 1 rings (SSSR count). The van der Waals surface area contributed by atoms with Crippen LogP contribution < -0.4 is 5.32 Å². The van der Waals surface area contributed by atoms with E-state index in [4.69, 9.17) is 9.47 Å². The summed E-state index contributed by atoms with van der Waals surface area (Å²) in [7, 11) is 3.69. The molecule has 0 amide bonds. The fourth-order valence-corrected chi connectivity index (χ4v) is 2.34. The lowest BCUT2D eigenvalue weighted by Gasteiger charge is -2.32. The molecule has 0 bridgehead atoms. The second-order valence-corrected chi connectivity index (χ2v) is 5.29. The van der Waals surface area contributed by atoms with Crippen molar-refractivity contribution >= 4 is 0 Å². The number of rotatable bonds is 8. The Balaban J connectivity index is 2.83. The first-order valence-electron chi connectivity index (χ1n) is 6.96. The third-order valence-corrected chi connectivity index (χ3v) is 3.25. The molecule has 108 valence electrons. The van der Waals surface area contributed by atoms with Crippen LogP contribution in [-0.4, -0.2) is 33.0 Å². The van der Waals surface area contributed by atoms with E-state index in [1.54, 1.807) is 7.11 Å². The minimum absolute atomic E-state index is 0.0944. The third kappa shape index (κ3) is 4.94. The maximum absolute atomic E-state index is 6.17. The Labute approximate surface area is 117 Å². The number of benzene rings is 1. The van der Waals surface area contributed by atoms with Crippen LogP contribution in [0.5, 0.6) is 0 Å². The van der Waals surface area contributed by atoms with Gasteiger partial charge in [-0.1, -0.05) is 44.2 Å². The fourth-order valence-electron chi connectivity index (χ4n) is 2.34. The number of likely N-dealkylation sites (N-methyl/N-ethyl adjacent to an activating group) is 1. The van der Waals surface area contributed by atoms with Crippen molar-refractivity contribution < 1.29 is 9.47 Å². The lowest BCUT2D eigenvalue weighted by Crippen LogP contribution is -2.38. The smallest absolute Gasteiger partial charge is 0.0797 e. The van der Waals surface area contributed by atoms with Gasteiger partial charge in [-0.25, -0.2) is 0 Å². The van der Waals surface area contributed by atoms with Crippen LogP contribution in [0.15, 0.2) is 30.3 Å². The van der Waals surface area contributed by atoms with E-state index in [1.807, 2.05) is 13.1 Å². The number of hydrogen-bond donors (Lipinski definition) is 1. The highest BCUT2D eigenvalue weighted by Crippen LogP contribution is 2.25. The molecule has 0 fully saturated rings. The Morgan fingerprint density at radius 3 is 2.21 bits per heavy atom. The molecule has 1 aromatic rings. The Bertz CT molecular complexity index is 340. The van der Waals surface area contributed by atoms with Gasteiger partial charge in [0.25, 0.3) is 0 Å². The van der Waals surface area contributed by atoms with Gasteiger partial charge in [0.05, 0.1) is 24.9 Å². The highest BCUT2D eigenvalue weighted by Gasteiger charge is 2.27. The topological polar surface area (TPSA) is 30.5 Å². The van der Waals surface area contributed by atoms with Crippen LogP contribution in [0.2, 0.25) is 0 Å². The lowest BCUT2D eigenvalue weighted by molar-refractivity contribution is -0.0720. The summed E-state index contributed by atoms with van der Waals surface area (Å²) in [4.78, 5) is 0. The van der Waals surface area contributed by atoms with Crippen molar-refractivity contribution in [3.63, 3.8) is 0 Å². The number of nitrogens with one attached hydrogen (secondary N) is 1. The molecule has 0 heterocycles.